The molecule has 2 aliphatic rings. The first kappa shape index (κ1) is 25.0. The van der Waals surface area contributed by atoms with Crippen LogP contribution in [0.15, 0.2) is 88.2 Å². The second-order valence-electron chi connectivity index (χ2n) is 9.48. The van der Waals surface area contributed by atoms with Crippen LogP contribution in [0, 0.1) is 5.92 Å². The lowest BCUT2D eigenvalue weighted by atomic mass is 9.85. The fourth-order valence-electron chi connectivity index (χ4n) is 4.98. The molecule has 0 aromatic heterocycles. The number of carbonyl (C=O) groups excluding carboxylic acids is 1. The number of anilines is 1. The van der Waals surface area contributed by atoms with Gasteiger partial charge in [0.1, 0.15) is 12.4 Å². The Morgan fingerprint density at radius 3 is 2.50 bits per heavy atom. The summed E-state index contributed by atoms with van der Waals surface area (Å²) in [6, 6.07) is 26.5. The minimum atomic E-state index is -0.132. The van der Waals surface area contributed by atoms with E-state index in [9.17, 15) is 4.79 Å². The summed E-state index contributed by atoms with van der Waals surface area (Å²) in [7, 11) is 0. The highest BCUT2D eigenvalue weighted by atomic mass is 79.9. The monoisotopic (exact) mass is 562 g/mol. The lowest BCUT2D eigenvalue weighted by molar-refractivity contribution is -0.129. The molecule has 1 amide bonds. The van der Waals surface area contributed by atoms with Gasteiger partial charge in [-0.1, -0.05) is 96.0 Å². The van der Waals surface area contributed by atoms with Gasteiger partial charge in [0.2, 0.25) is 0 Å². The normalized spacial score (nSPS) is 23.2. The third kappa shape index (κ3) is 5.81. The maximum absolute atomic E-state index is 13.8. The molecule has 186 valence electrons. The summed E-state index contributed by atoms with van der Waals surface area (Å²) in [4.78, 5) is 16.7. The lowest BCUT2D eigenvalue weighted by Gasteiger charge is -2.39. The van der Waals surface area contributed by atoms with Gasteiger partial charge < -0.3 is 15.0 Å². The predicted molar refractivity (Wildman–Crippen MR) is 153 cm³/mol. The number of nitrogens with one attached hydrogen (secondary N) is 1. The molecule has 2 fully saturated rings. The standard InChI is InChI=1S/C30H31BrN2O2S/c1-21-9-5-7-13-26(21)33-29(34)28(36-30(33)32-25-11-3-2-4-12-25)19-23-10-6-8-14-27(23)35-20-22-15-17-24(31)18-16-22/h2-4,6,8,10-12,14-19,21,26,30,32H,5,7,9,13,20H2,1H3/b28-19-/t21-,26-,30?/m0/s1. The second kappa shape index (κ2) is 11.6. The van der Waals surface area contributed by atoms with Gasteiger partial charge in [-0.25, -0.2) is 0 Å². The molecular formula is C30H31BrN2O2S. The SMILES string of the molecule is C[C@H]1CCCC[C@@H]1N1C(=O)/C(=C/c2ccccc2OCc2ccc(Br)cc2)SC1Nc1ccccc1. The smallest absolute Gasteiger partial charge is 0.262 e. The van der Waals surface area contributed by atoms with Gasteiger partial charge in [-0.15, -0.1) is 0 Å². The summed E-state index contributed by atoms with van der Waals surface area (Å²) in [6.45, 7) is 2.76. The van der Waals surface area contributed by atoms with Crippen molar-refractivity contribution in [2.24, 2.45) is 5.92 Å². The summed E-state index contributed by atoms with van der Waals surface area (Å²) >= 11 is 5.08. The molecule has 4 nitrogen and oxygen atoms in total. The van der Waals surface area contributed by atoms with Crippen molar-refractivity contribution in [3.8, 4) is 5.75 Å². The van der Waals surface area contributed by atoms with E-state index in [0.717, 1.165) is 38.4 Å². The van der Waals surface area contributed by atoms with E-state index in [2.05, 4.69) is 45.2 Å². The molecule has 1 aliphatic heterocycles. The van der Waals surface area contributed by atoms with E-state index in [4.69, 9.17) is 4.74 Å². The van der Waals surface area contributed by atoms with E-state index in [-0.39, 0.29) is 17.4 Å². The molecule has 5 rings (SSSR count). The van der Waals surface area contributed by atoms with Gasteiger partial charge in [-0.2, -0.15) is 0 Å². The lowest BCUT2D eigenvalue weighted by Crippen LogP contribution is -2.48. The molecular weight excluding hydrogens is 532 g/mol. The fraction of sp³-hybridized carbons (Fsp3) is 0.300. The zero-order chi connectivity index (χ0) is 24.9. The summed E-state index contributed by atoms with van der Waals surface area (Å²) < 4.78 is 7.23. The zero-order valence-electron chi connectivity index (χ0n) is 20.4. The van der Waals surface area contributed by atoms with Crippen LogP contribution in [0.2, 0.25) is 0 Å². The van der Waals surface area contributed by atoms with Crippen molar-refractivity contribution < 1.29 is 9.53 Å². The summed E-state index contributed by atoms with van der Waals surface area (Å²) in [6.07, 6.45) is 6.64. The first-order valence-corrected chi connectivity index (χ1v) is 14.2. The van der Waals surface area contributed by atoms with E-state index in [0.29, 0.717) is 12.5 Å². The van der Waals surface area contributed by atoms with Gasteiger partial charge >= 0.3 is 0 Å². The van der Waals surface area contributed by atoms with Gasteiger partial charge in [0.25, 0.3) is 5.91 Å². The molecule has 0 spiro atoms. The maximum Gasteiger partial charge on any atom is 0.262 e. The molecule has 6 heteroatoms. The van der Waals surface area contributed by atoms with Crippen molar-refractivity contribution in [1.82, 2.24) is 4.90 Å². The summed E-state index contributed by atoms with van der Waals surface area (Å²) in [5.41, 5.74) is 2.90. The molecule has 36 heavy (non-hydrogen) atoms. The number of hydrogen-bond acceptors (Lipinski definition) is 4. The molecule has 1 N–H and O–H groups in total. The molecule has 0 radical (unpaired) electrons. The fourth-order valence-corrected chi connectivity index (χ4v) is 6.45. The van der Waals surface area contributed by atoms with Gasteiger partial charge in [0.15, 0.2) is 5.50 Å². The van der Waals surface area contributed by atoms with Crippen molar-refractivity contribution in [3.05, 3.63) is 99.4 Å². The van der Waals surface area contributed by atoms with Gasteiger partial charge in [0.05, 0.1) is 4.91 Å². The maximum atomic E-state index is 13.8. The van der Waals surface area contributed by atoms with Gasteiger partial charge in [-0.05, 0) is 60.7 Å². The number of para-hydroxylation sites is 2. The number of benzene rings is 3. The number of nitrogens with zero attached hydrogens (tertiary/aromatic N) is 1. The Morgan fingerprint density at radius 2 is 1.72 bits per heavy atom. The first-order valence-electron chi connectivity index (χ1n) is 12.6. The first-order chi connectivity index (χ1) is 17.6. The molecule has 3 atom stereocenters. The Hall–Kier alpha value is -2.70. The predicted octanol–water partition coefficient (Wildman–Crippen LogP) is 7.92. The Balaban J connectivity index is 1.40. The van der Waals surface area contributed by atoms with Crippen LogP contribution in [0.3, 0.4) is 0 Å². The number of carbonyl (C=O) groups is 1. The molecule has 3 aromatic carbocycles. The number of thioether (sulfide) groups is 1. The molecule has 0 bridgehead atoms. The molecule has 1 aliphatic carbocycles. The summed E-state index contributed by atoms with van der Waals surface area (Å²) in [5, 5.41) is 3.61. The number of ether oxygens (including phenoxy) is 1. The number of hydrogen-bond donors (Lipinski definition) is 1. The molecule has 1 heterocycles. The highest BCUT2D eigenvalue weighted by molar-refractivity contribution is 9.10. The largest absolute Gasteiger partial charge is 0.488 e. The van der Waals surface area contributed by atoms with Crippen molar-refractivity contribution in [1.29, 1.82) is 0 Å². The number of halogens is 1. The van der Waals surface area contributed by atoms with Crippen LogP contribution < -0.4 is 10.1 Å². The average molecular weight is 564 g/mol. The number of rotatable bonds is 7. The second-order valence-corrected chi connectivity index (χ2v) is 11.5. The summed E-state index contributed by atoms with van der Waals surface area (Å²) in [5.74, 6) is 1.37. The zero-order valence-corrected chi connectivity index (χ0v) is 22.8. The van der Waals surface area contributed by atoms with E-state index in [1.165, 1.54) is 19.3 Å². The minimum Gasteiger partial charge on any atom is -0.488 e. The quantitative estimate of drug-likeness (QED) is 0.297. The number of amides is 1. The van der Waals surface area contributed by atoms with Gasteiger partial charge in [0, 0.05) is 21.8 Å². The Labute approximate surface area is 226 Å². The topological polar surface area (TPSA) is 41.6 Å². The van der Waals surface area contributed by atoms with E-state index in [1.807, 2.05) is 72.8 Å². The molecule has 3 aromatic rings. The Bertz CT molecular complexity index is 1220. The highest BCUT2D eigenvalue weighted by Crippen LogP contribution is 2.42. The third-order valence-electron chi connectivity index (χ3n) is 6.94. The van der Waals surface area contributed by atoms with Crippen LogP contribution in [0.5, 0.6) is 5.75 Å². The van der Waals surface area contributed by atoms with Crippen molar-refractivity contribution in [2.75, 3.05) is 5.32 Å². The van der Waals surface area contributed by atoms with E-state index < -0.39 is 0 Å². The van der Waals surface area contributed by atoms with Crippen LogP contribution in [0.25, 0.3) is 6.08 Å². The van der Waals surface area contributed by atoms with Crippen molar-refractivity contribution in [2.45, 2.75) is 50.8 Å². The van der Waals surface area contributed by atoms with Crippen LogP contribution in [0.1, 0.15) is 43.7 Å². The van der Waals surface area contributed by atoms with Gasteiger partial charge in [-0.3, -0.25) is 4.79 Å². The van der Waals surface area contributed by atoms with Crippen molar-refractivity contribution >= 4 is 45.4 Å². The van der Waals surface area contributed by atoms with Crippen LogP contribution in [-0.2, 0) is 11.4 Å². The Morgan fingerprint density at radius 1 is 1.00 bits per heavy atom. The minimum absolute atomic E-state index is 0.106. The van der Waals surface area contributed by atoms with Crippen LogP contribution in [-0.4, -0.2) is 22.3 Å². The highest BCUT2D eigenvalue weighted by Gasteiger charge is 2.43. The molecule has 1 saturated carbocycles. The third-order valence-corrected chi connectivity index (χ3v) is 8.58. The van der Waals surface area contributed by atoms with E-state index >= 15 is 0 Å². The van der Waals surface area contributed by atoms with E-state index in [1.54, 1.807) is 11.8 Å². The molecule has 1 saturated heterocycles. The average Bonchev–Trinajstić information content (AvgIpc) is 3.19. The molecule has 1 unspecified atom stereocenters. The van der Waals surface area contributed by atoms with Crippen LogP contribution >= 0.6 is 27.7 Å². The van der Waals surface area contributed by atoms with Crippen molar-refractivity contribution in [3.63, 3.8) is 0 Å². The van der Waals surface area contributed by atoms with Crippen LogP contribution in [0.4, 0.5) is 5.69 Å². The Kier molecular flexibility index (Phi) is 8.02.